The maximum atomic E-state index is 5.78. The second kappa shape index (κ2) is 5.41. The predicted molar refractivity (Wildman–Crippen MR) is 74.8 cm³/mol. The lowest BCUT2D eigenvalue weighted by Gasteiger charge is -1.96. The zero-order valence-corrected chi connectivity index (χ0v) is 11.2. The van der Waals surface area contributed by atoms with Gasteiger partial charge < -0.3 is 0 Å². The molecule has 2 aromatic carbocycles. The summed E-state index contributed by atoms with van der Waals surface area (Å²) in [5.74, 6) is 0. The molecule has 0 fully saturated rings. The van der Waals surface area contributed by atoms with Crippen molar-refractivity contribution < 1.29 is 0 Å². The standard InChI is InChI=1S/C12H8ClIN2/c13-9-5-7-10(8-6-9)15-16-12-4-2-1-3-11(12)14/h1-8H. The largest absolute Gasteiger partial charge is 0.151 e. The van der Waals surface area contributed by atoms with Crippen LogP contribution < -0.4 is 0 Å². The quantitative estimate of drug-likeness (QED) is 0.518. The van der Waals surface area contributed by atoms with E-state index in [-0.39, 0.29) is 0 Å². The van der Waals surface area contributed by atoms with Gasteiger partial charge in [-0.05, 0) is 59.0 Å². The fraction of sp³-hybridized carbons (Fsp3) is 0. The van der Waals surface area contributed by atoms with E-state index in [1.807, 2.05) is 36.4 Å². The van der Waals surface area contributed by atoms with Gasteiger partial charge >= 0.3 is 0 Å². The Bertz CT molecular complexity index is 509. The molecule has 0 aliphatic rings. The molecule has 0 N–H and O–H groups in total. The van der Waals surface area contributed by atoms with Crippen molar-refractivity contribution in [3.63, 3.8) is 0 Å². The van der Waals surface area contributed by atoms with Crippen LogP contribution in [0.5, 0.6) is 0 Å². The molecular weight excluding hydrogens is 335 g/mol. The molecule has 4 heteroatoms. The van der Waals surface area contributed by atoms with E-state index in [2.05, 4.69) is 32.8 Å². The van der Waals surface area contributed by atoms with Crippen molar-refractivity contribution >= 4 is 45.6 Å². The monoisotopic (exact) mass is 342 g/mol. The highest BCUT2D eigenvalue weighted by molar-refractivity contribution is 14.1. The van der Waals surface area contributed by atoms with E-state index >= 15 is 0 Å². The predicted octanol–water partition coefficient (Wildman–Crippen LogP) is 5.36. The number of rotatable bonds is 2. The van der Waals surface area contributed by atoms with Crippen LogP contribution in [0.15, 0.2) is 58.8 Å². The van der Waals surface area contributed by atoms with Crippen LogP contribution in [0.3, 0.4) is 0 Å². The van der Waals surface area contributed by atoms with Gasteiger partial charge in [-0.25, -0.2) is 0 Å². The first-order chi connectivity index (χ1) is 7.75. The summed E-state index contributed by atoms with van der Waals surface area (Å²) < 4.78 is 1.08. The average molecular weight is 343 g/mol. The molecule has 2 rings (SSSR count). The van der Waals surface area contributed by atoms with Crippen LogP contribution in [0.4, 0.5) is 11.4 Å². The van der Waals surface area contributed by atoms with E-state index in [9.17, 15) is 0 Å². The Hall–Kier alpha value is -0.940. The first-order valence-electron chi connectivity index (χ1n) is 4.67. The van der Waals surface area contributed by atoms with Crippen LogP contribution in [-0.2, 0) is 0 Å². The Morgan fingerprint density at radius 3 is 2.25 bits per heavy atom. The summed E-state index contributed by atoms with van der Waals surface area (Å²) >= 11 is 8.01. The minimum absolute atomic E-state index is 0.702. The number of hydrogen-bond acceptors (Lipinski definition) is 2. The van der Waals surface area contributed by atoms with Crippen molar-refractivity contribution in [2.45, 2.75) is 0 Å². The van der Waals surface area contributed by atoms with E-state index in [1.54, 1.807) is 12.1 Å². The van der Waals surface area contributed by atoms with E-state index in [1.165, 1.54) is 0 Å². The molecule has 0 aromatic heterocycles. The number of halogens is 2. The Kier molecular flexibility index (Phi) is 3.90. The van der Waals surface area contributed by atoms with Gasteiger partial charge in [0, 0.05) is 8.59 Å². The SMILES string of the molecule is Clc1ccc(N=Nc2ccccc2I)cc1. The lowest BCUT2D eigenvalue weighted by molar-refractivity contribution is 1.22. The summed E-state index contributed by atoms with van der Waals surface area (Å²) in [4.78, 5) is 0. The normalized spacial score (nSPS) is 10.9. The third kappa shape index (κ3) is 3.02. The van der Waals surface area contributed by atoms with E-state index < -0.39 is 0 Å². The van der Waals surface area contributed by atoms with Crippen LogP contribution in [0.25, 0.3) is 0 Å². The zero-order valence-electron chi connectivity index (χ0n) is 8.27. The molecule has 0 amide bonds. The summed E-state index contributed by atoms with van der Waals surface area (Å²) in [7, 11) is 0. The van der Waals surface area contributed by atoms with Crippen molar-refractivity contribution in [2.75, 3.05) is 0 Å². The number of azo groups is 1. The van der Waals surface area contributed by atoms with E-state index in [0.29, 0.717) is 5.02 Å². The summed E-state index contributed by atoms with van der Waals surface area (Å²) in [6, 6.07) is 15.1. The first-order valence-corrected chi connectivity index (χ1v) is 6.13. The van der Waals surface area contributed by atoms with Gasteiger partial charge in [-0.1, -0.05) is 23.7 Å². The summed E-state index contributed by atoms with van der Waals surface area (Å²) in [5, 5.41) is 9.02. The lowest BCUT2D eigenvalue weighted by atomic mass is 10.3. The van der Waals surface area contributed by atoms with Crippen molar-refractivity contribution in [1.82, 2.24) is 0 Å². The fourth-order valence-electron chi connectivity index (χ4n) is 1.15. The molecule has 0 radical (unpaired) electrons. The van der Waals surface area contributed by atoms with Crippen LogP contribution >= 0.6 is 34.2 Å². The second-order valence-corrected chi connectivity index (χ2v) is 4.73. The molecule has 0 spiro atoms. The van der Waals surface area contributed by atoms with Gasteiger partial charge in [0.1, 0.15) is 0 Å². The van der Waals surface area contributed by atoms with Crippen molar-refractivity contribution in [1.29, 1.82) is 0 Å². The van der Waals surface area contributed by atoms with Gasteiger partial charge in [0.25, 0.3) is 0 Å². The molecule has 0 heterocycles. The third-order valence-corrected chi connectivity index (χ3v) is 3.12. The molecule has 0 aliphatic carbocycles. The topological polar surface area (TPSA) is 24.7 Å². The van der Waals surface area contributed by atoms with Gasteiger partial charge in [-0.3, -0.25) is 0 Å². The molecule has 16 heavy (non-hydrogen) atoms. The minimum Gasteiger partial charge on any atom is -0.151 e. The molecule has 0 unspecified atom stereocenters. The van der Waals surface area contributed by atoms with Crippen molar-refractivity contribution in [2.24, 2.45) is 10.2 Å². The van der Waals surface area contributed by atoms with Crippen molar-refractivity contribution in [3.8, 4) is 0 Å². The highest BCUT2D eigenvalue weighted by Gasteiger charge is 1.95. The molecule has 0 saturated heterocycles. The third-order valence-electron chi connectivity index (χ3n) is 1.95. The van der Waals surface area contributed by atoms with Gasteiger partial charge in [0.05, 0.1) is 11.4 Å². The molecule has 0 bridgehead atoms. The maximum Gasteiger partial charge on any atom is 0.0990 e. The van der Waals surface area contributed by atoms with Crippen LogP contribution in [-0.4, -0.2) is 0 Å². The highest BCUT2D eigenvalue weighted by atomic mass is 127. The van der Waals surface area contributed by atoms with Gasteiger partial charge in [0.15, 0.2) is 0 Å². The Balaban J connectivity index is 2.21. The molecule has 80 valence electrons. The summed E-state index contributed by atoms with van der Waals surface area (Å²) in [6.45, 7) is 0. The average Bonchev–Trinajstić information content (AvgIpc) is 2.30. The Labute approximate surface area is 113 Å². The maximum absolute atomic E-state index is 5.78. The van der Waals surface area contributed by atoms with E-state index in [0.717, 1.165) is 14.9 Å². The zero-order chi connectivity index (χ0) is 11.4. The Morgan fingerprint density at radius 2 is 1.56 bits per heavy atom. The summed E-state index contributed by atoms with van der Waals surface area (Å²) in [6.07, 6.45) is 0. The minimum atomic E-state index is 0.702. The molecular formula is C12H8ClIN2. The summed E-state index contributed by atoms with van der Waals surface area (Å²) in [5.41, 5.74) is 1.67. The molecule has 2 nitrogen and oxygen atoms in total. The Morgan fingerprint density at radius 1 is 0.875 bits per heavy atom. The molecule has 0 aliphatic heterocycles. The first kappa shape index (κ1) is 11.5. The second-order valence-electron chi connectivity index (χ2n) is 3.13. The van der Waals surface area contributed by atoms with Gasteiger partial charge in [0.2, 0.25) is 0 Å². The highest BCUT2D eigenvalue weighted by Crippen LogP contribution is 2.24. The van der Waals surface area contributed by atoms with Gasteiger partial charge in [-0.2, -0.15) is 5.11 Å². The van der Waals surface area contributed by atoms with Crippen LogP contribution in [0, 0.1) is 3.57 Å². The van der Waals surface area contributed by atoms with E-state index in [4.69, 9.17) is 11.6 Å². The lowest BCUT2D eigenvalue weighted by Crippen LogP contribution is -1.70. The van der Waals surface area contributed by atoms with Crippen LogP contribution in [0.1, 0.15) is 0 Å². The molecule has 0 saturated carbocycles. The van der Waals surface area contributed by atoms with Crippen LogP contribution in [0.2, 0.25) is 5.02 Å². The molecule has 0 atom stereocenters. The van der Waals surface area contributed by atoms with Gasteiger partial charge in [-0.15, -0.1) is 5.11 Å². The number of nitrogens with zero attached hydrogens (tertiary/aromatic N) is 2. The number of benzene rings is 2. The van der Waals surface area contributed by atoms with Crippen molar-refractivity contribution in [3.05, 3.63) is 57.1 Å². The smallest absolute Gasteiger partial charge is 0.0990 e. The number of hydrogen-bond donors (Lipinski definition) is 0. The fourth-order valence-corrected chi connectivity index (χ4v) is 1.77. The molecule has 2 aromatic rings.